The second-order valence-electron chi connectivity index (χ2n) is 2.87. The molecule has 4 N–H and O–H groups in total. The van der Waals surface area contributed by atoms with Crippen LogP contribution >= 0.6 is 0 Å². The van der Waals surface area contributed by atoms with Gasteiger partial charge in [-0.3, -0.25) is 4.79 Å². The van der Waals surface area contributed by atoms with Crippen LogP contribution in [0.25, 0.3) is 0 Å². The molecule has 1 heterocycles. The van der Waals surface area contributed by atoms with Crippen LogP contribution in [0.1, 0.15) is 17.5 Å². The summed E-state index contributed by atoms with van der Waals surface area (Å²) in [7, 11) is 0. The molecular weight excluding hydrogens is 178 g/mol. The van der Waals surface area contributed by atoms with Crippen LogP contribution in [0.4, 0.5) is 5.82 Å². The van der Waals surface area contributed by atoms with Gasteiger partial charge in [-0.25, -0.2) is 4.98 Å². The van der Waals surface area contributed by atoms with Gasteiger partial charge in [-0.15, -0.1) is 0 Å². The number of anilines is 1. The average molecular weight is 189 g/mol. The molecule has 1 aromatic rings. The molecule has 0 saturated heterocycles. The van der Waals surface area contributed by atoms with Crippen molar-refractivity contribution in [1.82, 2.24) is 4.98 Å². The van der Waals surface area contributed by atoms with Crippen molar-refractivity contribution in [2.75, 3.05) is 5.73 Å². The molecule has 0 aromatic carbocycles. The molecule has 0 aliphatic rings. The minimum absolute atomic E-state index is 0.0590. The van der Waals surface area contributed by atoms with E-state index < -0.39 is 5.91 Å². The van der Waals surface area contributed by atoms with Crippen molar-refractivity contribution >= 4 is 11.7 Å². The van der Waals surface area contributed by atoms with E-state index in [2.05, 4.69) is 16.8 Å². The number of nitrogens with two attached hydrogens (primary N) is 2. The first-order chi connectivity index (χ1) is 6.59. The predicted molar refractivity (Wildman–Crippen MR) is 54.1 cm³/mol. The van der Waals surface area contributed by atoms with Gasteiger partial charge in [0.05, 0.1) is 6.42 Å². The molecule has 0 aliphatic carbocycles. The maximum absolute atomic E-state index is 10.4. The van der Waals surface area contributed by atoms with E-state index in [-0.39, 0.29) is 6.42 Å². The number of aromatic nitrogens is 1. The van der Waals surface area contributed by atoms with Gasteiger partial charge in [-0.05, 0) is 18.6 Å². The number of amides is 1. The van der Waals surface area contributed by atoms with Gasteiger partial charge < -0.3 is 11.5 Å². The number of pyridine rings is 1. The van der Waals surface area contributed by atoms with Crippen molar-refractivity contribution in [3.05, 3.63) is 23.4 Å². The topological polar surface area (TPSA) is 82.0 Å². The molecule has 0 aliphatic heterocycles. The highest BCUT2D eigenvalue weighted by Crippen LogP contribution is 2.07. The van der Waals surface area contributed by atoms with Gasteiger partial charge in [0, 0.05) is 11.8 Å². The van der Waals surface area contributed by atoms with E-state index in [0.29, 0.717) is 5.82 Å². The molecular formula is C10H11N3O. The number of primary amides is 1. The van der Waals surface area contributed by atoms with Crippen LogP contribution in [0.15, 0.2) is 12.3 Å². The molecule has 0 saturated carbocycles. The molecule has 0 bridgehead atoms. The van der Waals surface area contributed by atoms with Crippen LogP contribution in [0.2, 0.25) is 0 Å². The first-order valence-electron chi connectivity index (χ1n) is 4.09. The molecule has 14 heavy (non-hydrogen) atoms. The Kier molecular flexibility index (Phi) is 3.08. The van der Waals surface area contributed by atoms with E-state index in [4.69, 9.17) is 11.5 Å². The molecule has 0 fully saturated rings. The summed E-state index contributed by atoms with van der Waals surface area (Å²) >= 11 is 0. The Morgan fingerprint density at radius 1 is 1.64 bits per heavy atom. The Balaban J connectivity index is 2.81. The zero-order chi connectivity index (χ0) is 10.6. The van der Waals surface area contributed by atoms with Gasteiger partial charge >= 0.3 is 0 Å². The lowest BCUT2D eigenvalue weighted by atomic mass is 10.2. The number of hydrogen-bond donors (Lipinski definition) is 2. The number of hydrogen-bond acceptors (Lipinski definition) is 3. The lowest BCUT2D eigenvalue weighted by Crippen LogP contribution is -2.08. The molecule has 4 heteroatoms. The summed E-state index contributed by atoms with van der Waals surface area (Å²) in [6.45, 7) is 1.85. The Morgan fingerprint density at radius 2 is 2.36 bits per heavy atom. The van der Waals surface area contributed by atoms with Crippen LogP contribution in [-0.4, -0.2) is 10.9 Å². The number of rotatable bonds is 1. The third-order valence-electron chi connectivity index (χ3n) is 1.61. The van der Waals surface area contributed by atoms with Crippen molar-refractivity contribution in [2.24, 2.45) is 5.73 Å². The highest BCUT2D eigenvalue weighted by molar-refractivity contribution is 5.76. The zero-order valence-electron chi connectivity index (χ0n) is 7.87. The van der Waals surface area contributed by atoms with Crippen LogP contribution < -0.4 is 11.5 Å². The first-order valence-corrected chi connectivity index (χ1v) is 4.09. The lowest BCUT2D eigenvalue weighted by Gasteiger charge is -1.97. The molecule has 1 rings (SSSR count). The Morgan fingerprint density at radius 3 is 2.93 bits per heavy atom. The summed E-state index contributed by atoms with van der Waals surface area (Å²) in [6.07, 6.45) is 1.62. The van der Waals surface area contributed by atoms with Crippen LogP contribution in [0, 0.1) is 18.8 Å². The summed E-state index contributed by atoms with van der Waals surface area (Å²) in [5, 5.41) is 0. The Hall–Kier alpha value is -2.02. The third kappa shape index (κ3) is 2.79. The second-order valence-corrected chi connectivity index (χ2v) is 2.87. The van der Waals surface area contributed by atoms with Gasteiger partial charge in [-0.2, -0.15) is 0 Å². The molecule has 0 atom stereocenters. The van der Waals surface area contributed by atoms with E-state index in [1.54, 1.807) is 6.20 Å². The van der Waals surface area contributed by atoms with Crippen molar-refractivity contribution in [3.8, 4) is 11.8 Å². The molecule has 4 nitrogen and oxygen atoms in total. The normalized spacial score (nSPS) is 8.93. The highest BCUT2D eigenvalue weighted by Gasteiger charge is 1.94. The van der Waals surface area contributed by atoms with Crippen molar-refractivity contribution in [2.45, 2.75) is 13.3 Å². The quantitative estimate of drug-likeness (QED) is 0.619. The van der Waals surface area contributed by atoms with Gasteiger partial charge in [0.25, 0.3) is 0 Å². The predicted octanol–water partition coefficient (Wildman–Crippen LogP) is 0.199. The maximum atomic E-state index is 10.4. The monoisotopic (exact) mass is 189 g/mol. The fraction of sp³-hybridized carbons (Fsp3) is 0.200. The number of nitrogen functional groups attached to an aromatic ring is 1. The van der Waals surface area contributed by atoms with Crippen LogP contribution in [0.3, 0.4) is 0 Å². The van der Waals surface area contributed by atoms with Crippen LogP contribution in [0.5, 0.6) is 0 Å². The fourth-order valence-corrected chi connectivity index (χ4v) is 0.887. The Labute approximate surface area is 82.3 Å². The SMILES string of the molecule is Cc1cc(C#CCC(N)=O)cnc1N. The molecule has 72 valence electrons. The molecule has 1 aromatic heterocycles. The van der Waals surface area contributed by atoms with Crippen molar-refractivity contribution in [1.29, 1.82) is 0 Å². The molecule has 0 spiro atoms. The summed E-state index contributed by atoms with van der Waals surface area (Å²) in [4.78, 5) is 14.3. The number of carbonyl (C=O) groups is 1. The van der Waals surface area contributed by atoms with Gasteiger partial charge in [0.2, 0.25) is 5.91 Å². The number of carbonyl (C=O) groups excluding carboxylic acids is 1. The third-order valence-corrected chi connectivity index (χ3v) is 1.61. The van der Waals surface area contributed by atoms with Gasteiger partial charge in [-0.1, -0.05) is 11.8 Å². The summed E-state index contributed by atoms with van der Waals surface area (Å²) < 4.78 is 0. The molecule has 1 amide bonds. The highest BCUT2D eigenvalue weighted by atomic mass is 16.1. The van der Waals surface area contributed by atoms with Crippen molar-refractivity contribution in [3.63, 3.8) is 0 Å². The van der Waals surface area contributed by atoms with E-state index in [1.807, 2.05) is 13.0 Å². The fourth-order valence-electron chi connectivity index (χ4n) is 0.887. The lowest BCUT2D eigenvalue weighted by molar-refractivity contribution is -0.117. The first kappa shape index (κ1) is 10.1. The summed E-state index contributed by atoms with van der Waals surface area (Å²) in [5.41, 5.74) is 12.1. The van der Waals surface area contributed by atoms with E-state index in [1.165, 1.54) is 0 Å². The van der Waals surface area contributed by atoms with E-state index >= 15 is 0 Å². The van der Waals surface area contributed by atoms with Gasteiger partial charge in [0.1, 0.15) is 5.82 Å². The minimum Gasteiger partial charge on any atom is -0.383 e. The molecule has 0 unspecified atom stereocenters. The van der Waals surface area contributed by atoms with Crippen LogP contribution in [-0.2, 0) is 4.79 Å². The van der Waals surface area contributed by atoms with E-state index in [9.17, 15) is 4.79 Å². The maximum Gasteiger partial charge on any atom is 0.229 e. The number of aryl methyl sites for hydroxylation is 1. The van der Waals surface area contributed by atoms with E-state index in [0.717, 1.165) is 11.1 Å². The smallest absolute Gasteiger partial charge is 0.229 e. The zero-order valence-corrected chi connectivity index (χ0v) is 7.87. The second kappa shape index (κ2) is 4.28. The standard InChI is InChI=1S/C10H11N3O/c1-7-5-8(6-13-10(7)12)3-2-4-9(11)14/h5-6H,4H2,1H3,(H2,11,14)(H2,12,13). The van der Waals surface area contributed by atoms with Crippen molar-refractivity contribution < 1.29 is 4.79 Å². The Bertz CT molecular complexity index is 415. The summed E-state index contributed by atoms with van der Waals surface area (Å²) in [6, 6.07) is 1.82. The number of nitrogens with zero attached hydrogens (tertiary/aromatic N) is 1. The van der Waals surface area contributed by atoms with Gasteiger partial charge in [0.15, 0.2) is 0 Å². The largest absolute Gasteiger partial charge is 0.383 e. The minimum atomic E-state index is -0.433. The average Bonchev–Trinajstić information content (AvgIpc) is 2.10. The summed E-state index contributed by atoms with van der Waals surface area (Å²) in [5.74, 6) is 5.48. The molecule has 0 radical (unpaired) electrons.